The summed E-state index contributed by atoms with van der Waals surface area (Å²) >= 11 is 1.69. The third kappa shape index (κ3) is 2.40. The predicted molar refractivity (Wildman–Crippen MR) is 67.8 cm³/mol. The van der Waals surface area contributed by atoms with Crippen LogP contribution in [0.2, 0.25) is 0 Å². The minimum absolute atomic E-state index is 0.0548. The van der Waals surface area contributed by atoms with E-state index in [4.69, 9.17) is 0 Å². The van der Waals surface area contributed by atoms with Gasteiger partial charge in [0, 0.05) is 10.9 Å². The summed E-state index contributed by atoms with van der Waals surface area (Å²) in [5, 5.41) is 3.03. The van der Waals surface area contributed by atoms with Crippen LogP contribution in [-0.4, -0.2) is 17.2 Å². The minimum Gasteiger partial charge on any atom is -0.353 e. The molecule has 1 unspecified atom stereocenters. The third-order valence-electron chi connectivity index (χ3n) is 2.62. The van der Waals surface area contributed by atoms with Crippen LogP contribution in [0.15, 0.2) is 23.1 Å². The number of benzene rings is 1. The van der Waals surface area contributed by atoms with Crippen molar-refractivity contribution in [3.63, 3.8) is 0 Å². The molecule has 1 aromatic carbocycles. The highest BCUT2D eigenvalue weighted by atomic mass is 32.2. The molecule has 1 atom stereocenters. The van der Waals surface area contributed by atoms with Crippen molar-refractivity contribution in [2.24, 2.45) is 0 Å². The number of amides is 1. The fraction of sp³-hybridized carbons (Fsp3) is 0.462. The van der Waals surface area contributed by atoms with Crippen LogP contribution in [0.4, 0.5) is 0 Å². The normalized spacial score (nSPS) is 18.6. The molecule has 0 saturated carbocycles. The van der Waals surface area contributed by atoms with Crippen LogP contribution in [0, 0.1) is 6.92 Å². The fourth-order valence-electron chi connectivity index (χ4n) is 1.86. The predicted octanol–water partition coefficient (Wildman–Crippen LogP) is 2.54. The van der Waals surface area contributed by atoms with Crippen LogP contribution in [0.3, 0.4) is 0 Å². The Morgan fingerprint density at radius 1 is 1.50 bits per heavy atom. The Hall–Kier alpha value is -0.960. The van der Waals surface area contributed by atoms with E-state index in [9.17, 15) is 4.79 Å². The molecule has 2 nitrogen and oxygen atoms in total. The number of carbonyl (C=O) groups excluding carboxylic acids is 1. The third-order valence-corrected chi connectivity index (χ3v) is 3.92. The van der Waals surface area contributed by atoms with E-state index in [1.54, 1.807) is 11.8 Å². The summed E-state index contributed by atoms with van der Waals surface area (Å²) in [5.74, 6) is 0.161. The Morgan fingerprint density at radius 3 is 2.94 bits per heavy atom. The lowest BCUT2D eigenvalue weighted by Gasteiger charge is -2.12. The average Bonchev–Trinajstić information content (AvgIpc) is 2.59. The van der Waals surface area contributed by atoms with Gasteiger partial charge in [-0.1, -0.05) is 17.7 Å². The van der Waals surface area contributed by atoms with Crippen molar-refractivity contribution in [1.82, 2.24) is 5.32 Å². The molecule has 0 radical (unpaired) electrons. The smallest absolute Gasteiger partial charge is 0.234 e. The number of fused-ring (bicyclic) bond motifs is 1. The van der Waals surface area contributed by atoms with Gasteiger partial charge in [0.05, 0.1) is 5.25 Å². The molecule has 16 heavy (non-hydrogen) atoms. The van der Waals surface area contributed by atoms with Gasteiger partial charge < -0.3 is 5.32 Å². The maximum absolute atomic E-state index is 11.9. The quantitative estimate of drug-likeness (QED) is 0.853. The van der Waals surface area contributed by atoms with Crippen molar-refractivity contribution >= 4 is 17.7 Å². The Labute approximate surface area is 101 Å². The van der Waals surface area contributed by atoms with Crippen molar-refractivity contribution < 1.29 is 4.79 Å². The fourth-order valence-corrected chi connectivity index (χ4v) is 3.16. The molecular weight excluding hydrogens is 218 g/mol. The van der Waals surface area contributed by atoms with Crippen LogP contribution >= 0.6 is 11.8 Å². The summed E-state index contributed by atoms with van der Waals surface area (Å²) in [6.07, 6.45) is 0.860. The average molecular weight is 235 g/mol. The zero-order chi connectivity index (χ0) is 11.7. The molecule has 1 heterocycles. The van der Waals surface area contributed by atoms with E-state index in [0.717, 1.165) is 6.42 Å². The monoisotopic (exact) mass is 235 g/mol. The van der Waals surface area contributed by atoms with Crippen molar-refractivity contribution in [3.8, 4) is 0 Å². The van der Waals surface area contributed by atoms with Gasteiger partial charge >= 0.3 is 0 Å². The molecule has 0 aliphatic carbocycles. The molecule has 3 heteroatoms. The Bertz CT molecular complexity index is 414. The lowest BCUT2D eigenvalue weighted by Crippen LogP contribution is -2.37. The van der Waals surface area contributed by atoms with Crippen molar-refractivity contribution in [3.05, 3.63) is 29.3 Å². The van der Waals surface area contributed by atoms with E-state index in [0.29, 0.717) is 0 Å². The Balaban J connectivity index is 2.08. The Morgan fingerprint density at radius 2 is 2.25 bits per heavy atom. The van der Waals surface area contributed by atoms with Crippen molar-refractivity contribution in [2.45, 2.75) is 43.4 Å². The van der Waals surface area contributed by atoms with E-state index < -0.39 is 0 Å². The van der Waals surface area contributed by atoms with Gasteiger partial charge in [0.1, 0.15) is 0 Å². The first-order valence-electron chi connectivity index (χ1n) is 5.63. The molecule has 0 aromatic heterocycles. The van der Waals surface area contributed by atoms with Gasteiger partial charge in [0.25, 0.3) is 0 Å². The second-order valence-corrected chi connectivity index (χ2v) is 5.83. The van der Waals surface area contributed by atoms with Crippen LogP contribution in [0.25, 0.3) is 0 Å². The molecule has 1 aliphatic rings. The van der Waals surface area contributed by atoms with Gasteiger partial charge in [-0.3, -0.25) is 4.79 Å². The highest BCUT2D eigenvalue weighted by Crippen LogP contribution is 2.37. The highest BCUT2D eigenvalue weighted by Gasteiger charge is 2.28. The second-order valence-electron chi connectivity index (χ2n) is 4.59. The van der Waals surface area contributed by atoms with Crippen molar-refractivity contribution in [2.75, 3.05) is 0 Å². The molecule has 1 aromatic rings. The molecule has 1 amide bonds. The number of rotatable bonds is 2. The van der Waals surface area contributed by atoms with E-state index >= 15 is 0 Å². The number of hydrogen-bond donors (Lipinski definition) is 1. The van der Waals surface area contributed by atoms with Crippen LogP contribution in [0.5, 0.6) is 0 Å². The summed E-state index contributed by atoms with van der Waals surface area (Å²) in [7, 11) is 0. The molecule has 1 N–H and O–H groups in total. The highest BCUT2D eigenvalue weighted by molar-refractivity contribution is 8.01. The summed E-state index contributed by atoms with van der Waals surface area (Å²) in [5.41, 5.74) is 2.57. The second kappa shape index (κ2) is 4.50. The minimum atomic E-state index is 0.0548. The molecule has 0 bridgehead atoms. The summed E-state index contributed by atoms with van der Waals surface area (Å²) in [4.78, 5) is 13.1. The molecule has 2 rings (SSSR count). The van der Waals surface area contributed by atoms with Gasteiger partial charge in [-0.05, 0) is 38.8 Å². The Kier molecular flexibility index (Phi) is 3.24. The van der Waals surface area contributed by atoms with Crippen LogP contribution in [-0.2, 0) is 11.2 Å². The topological polar surface area (TPSA) is 29.1 Å². The lowest BCUT2D eigenvalue weighted by atomic mass is 10.1. The van der Waals surface area contributed by atoms with Gasteiger partial charge in [0.2, 0.25) is 5.91 Å². The van der Waals surface area contributed by atoms with Crippen LogP contribution in [0.1, 0.15) is 25.0 Å². The standard InChI is InChI=1S/C13H17NOS/c1-8(2)14-13(15)12-7-10-5-4-9(3)6-11(10)16-12/h4-6,8,12H,7H2,1-3H3,(H,14,15). The number of aryl methyl sites for hydroxylation is 1. The number of hydrogen-bond acceptors (Lipinski definition) is 2. The maximum Gasteiger partial charge on any atom is 0.234 e. The van der Waals surface area contributed by atoms with E-state index in [1.807, 2.05) is 13.8 Å². The largest absolute Gasteiger partial charge is 0.353 e. The molecule has 0 saturated heterocycles. The zero-order valence-corrected chi connectivity index (χ0v) is 10.7. The first-order chi connectivity index (χ1) is 7.56. The first kappa shape index (κ1) is 11.5. The zero-order valence-electron chi connectivity index (χ0n) is 9.91. The molecule has 0 fully saturated rings. The molecular formula is C13H17NOS. The number of carbonyl (C=O) groups is 1. The van der Waals surface area contributed by atoms with Gasteiger partial charge in [-0.15, -0.1) is 11.8 Å². The first-order valence-corrected chi connectivity index (χ1v) is 6.51. The van der Waals surface area contributed by atoms with E-state index in [-0.39, 0.29) is 17.2 Å². The number of nitrogens with one attached hydrogen (secondary N) is 1. The maximum atomic E-state index is 11.9. The summed E-state index contributed by atoms with van der Waals surface area (Å²) in [6, 6.07) is 6.64. The SMILES string of the molecule is Cc1ccc2c(c1)SC(C(=O)NC(C)C)C2. The lowest BCUT2D eigenvalue weighted by molar-refractivity contribution is -0.121. The summed E-state index contributed by atoms with van der Waals surface area (Å²) in [6.45, 7) is 6.08. The van der Waals surface area contributed by atoms with E-state index in [1.165, 1.54) is 16.0 Å². The summed E-state index contributed by atoms with van der Waals surface area (Å²) < 4.78 is 0. The molecule has 86 valence electrons. The van der Waals surface area contributed by atoms with Gasteiger partial charge in [-0.25, -0.2) is 0 Å². The van der Waals surface area contributed by atoms with E-state index in [2.05, 4.69) is 30.4 Å². The number of thioether (sulfide) groups is 1. The molecule has 1 aliphatic heterocycles. The van der Waals surface area contributed by atoms with Crippen molar-refractivity contribution in [1.29, 1.82) is 0 Å². The van der Waals surface area contributed by atoms with Crippen LogP contribution < -0.4 is 5.32 Å². The molecule has 0 spiro atoms. The van der Waals surface area contributed by atoms with Gasteiger partial charge in [-0.2, -0.15) is 0 Å². The van der Waals surface area contributed by atoms with Gasteiger partial charge in [0.15, 0.2) is 0 Å².